The maximum absolute atomic E-state index is 13.1. The first-order valence-corrected chi connectivity index (χ1v) is 9.36. The van der Waals surface area contributed by atoms with E-state index in [9.17, 15) is 9.59 Å². The number of ether oxygens (including phenoxy) is 1. The predicted molar refractivity (Wildman–Crippen MR) is 105 cm³/mol. The van der Waals surface area contributed by atoms with Gasteiger partial charge in [-0.15, -0.1) is 0 Å². The van der Waals surface area contributed by atoms with Crippen molar-refractivity contribution in [2.75, 3.05) is 16.8 Å². The van der Waals surface area contributed by atoms with Crippen LogP contribution < -0.4 is 15.0 Å². The lowest BCUT2D eigenvalue weighted by Gasteiger charge is -2.38. The van der Waals surface area contributed by atoms with E-state index in [-0.39, 0.29) is 0 Å². The highest BCUT2D eigenvalue weighted by Gasteiger charge is 2.51. The molecule has 1 N–H and O–H groups in total. The van der Waals surface area contributed by atoms with Crippen LogP contribution in [-0.2, 0) is 16.0 Å². The Morgan fingerprint density at radius 3 is 2.63 bits per heavy atom. The molecule has 6 heteroatoms. The standard InChI is InChI=1S/C21H25N3O3/c1-4-6-14-24-18-17(8-7-13-22-18)27-21(3,20(24)26)19(25)23-16-11-9-15(5-2)10-12-16/h7-13H,4-6,14H2,1-3H3,(H,23,25)/t21-/m1/s1. The first-order valence-electron chi connectivity index (χ1n) is 9.36. The van der Waals surface area contributed by atoms with Gasteiger partial charge in [0.1, 0.15) is 0 Å². The predicted octanol–water partition coefficient (Wildman–Crippen LogP) is 3.57. The van der Waals surface area contributed by atoms with Crippen LogP contribution in [0.15, 0.2) is 42.6 Å². The number of nitrogens with one attached hydrogen (secondary N) is 1. The molecule has 0 spiro atoms. The fourth-order valence-corrected chi connectivity index (χ4v) is 3.02. The van der Waals surface area contributed by atoms with Gasteiger partial charge in [-0.3, -0.25) is 14.5 Å². The number of hydrogen-bond acceptors (Lipinski definition) is 4. The average Bonchev–Trinajstić information content (AvgIpc) is 2.69. The van der Waals surface area contributed by atoms with Gasteiger partial charge in [0.2, 0.25) is 0 Å². The molecule has 0 radical (unpaired) electrons. The number of rotatable bonds is 6. The van der Waals surface area contributed by atoms with Crippen molar-refractivity contribution in [1.29, 1.82) is 0 Å². The van der Waals surface area contributed by atoms with Gasteiger partial charge in [0, 0.05) is 18.4 Å². The lowest BCUT2D eigenvalue weighted by atomic mass is 10.0. The number of aromatic nitrogens is 1. The van der Waals surface area contributed by atoms with Gasteiger partial charge in [-0.1, -0.05) is 32.4 Å². The smallest absolute Gasteiger partial charge is 0.282 e. The second kappa shape index (κ2) is 7.78. The molecule has 142 valence electrons. The van der Waals surface area contributed by atoms with Gasteiger partial charge >= 0.3 is 0 Å². The average molecular weight is 367 g/mol. The number of nitrogens with zero attached hydrogens (tertiary/aromatic N) is 2. The molecule has 0 fully saturated rings. The Morgan fingerprint density at radius 2 is 1.96 bits per heavy atom. The summed E-state index contributed by atoms with van der Waals surface area (Å²) in [5.74, 6) is 0.0123. The molecule has 1 aromatic carbocycles. The highest BCUT2D eigenvalue weighted by atomic mass is 16.5. The van der Waals surface area contributed by atoms with Crippen molar-refractivity contribution in [2.45, 2.75) is 45.6 Å². The number of hydrogen-bond donors (Lipinski definition) is 1. The summed E-state index contributed by atoms with van der Waals surface area (Å²) in [6, 6.07) is 11.0. The number of pyridine rings is 1. The van der Waals surface area contributed by atoms with Crippen LogP contribution in [0.25, 0.3) is 0 Å². The third-order valence-corrected chi connectivity index (χ3v) is 4.76. The first kappa shape index (κ1) is 18.9. The van der Waals surface area contributed by atoms with Gasteiger partial charge in [0.25, 0.3) is 17.4 Å². The van der Waals surface area contributed by atoms with Crippen molar-refractivity contribution in [3.05, 3.63) is 48.2 Å². The molecule has 6 nitrogen and oxygen atoms in total. The number of fused-ring (bicyclic) bond motifs is 1. The molecular weight excluding hydrogens is 342 g/mol. The Labute approximate surface area is 159 Å². The first-order chi connectivity index (χ1) is 13.0. The highest BCUT2D eigenvalue weighted by Crippen LogP contribution is 2.36. The summed E-state index contributed by atoms with van der Waals surface area (Å²) in [5.41, 5.74) is 0.162. The molecule has 0 saturated heterocycles. The van der Waals surface area contributed by atoms with Gasteiger partial charge in [-0.05, 0) is 49.6 Å². The molecule has 0 saturated carbocycles. The third kappa shape index (κ3) is 3.65. The van der Waals surface area contributed by atoms with Crippen molar-refractivity contribution in [3.8, 4) is 5.75 Å². The number of amides is 2. The number of carbonyl (C=O) groups is 2. The van der Waals surface area contributed by atoms with E-state index in [0.717, 1.165) is 19.3 Å². The van der Waals surface area contributed by atoms with Gasteiger partial charge in [0.15, 0.2) is 11.6 Å². The van der Waals surface area contributed by atoms with E-state index in [2.05, 4.69) is 24.1 Å². The Balaban J connectivity index is 1.88. The highest BCUT2D eigenvalue weighted by molar-refractivity contribution is 6.19. The number of carbonyl (C=O) groups excluding carboxylic acids is 2. The van der Waals surface area contributed by atoms with E-state index in [1.54, 1.807) is 23.2 Å². The normalized spacial score (nSPS) is 18.6. The van der Waals surface area contributed by atoms with E-state index >= 15 is 0 Å². The summed E-state index contributed by atoms with van der Waals surface area (Å²) in [4.78, 5) is 32.0. The van der Waals surface area contributed by atoms with Crippen LogP contribution in [0.5, 0.6) is 5.75 Å². The van der Waals surface area contributed by atoms with Crippen LogP contribution in [0.1, 0.15) is 39.2 Å². The van der Waals surface area contributed by atoms with Crippen LogP contribution in [-0.4, -0.2) is 28.9 Å². The van der Waals surface area contributed by atoms with Crippen LogP contribution in [0.3, 0.4) is 0 Å². The number of benzene rings is 1. The van der Waals surface area contributed by atoms with Crippen molar-refractivity contribution >= 4 is 23.3 Å². The maximum atomic E-state index is 13.1. The SMILES string of the molecule is CCCCN1C(=O)[C@@](C)(C(=O)Nc2ccc(CC)cc2)Oc2cccnc21. The lowest BCUT2D eigenvalue weighted by Crippen LogP contribution is -2.61. The number of anilines is 2. The zero-order valence-corrected chi connectivity index (χ0v) is 16.0. The van der Waals surface area contributed by atoms with E-state index in [1.165, 1.54) is 12.5 Å². The summed E-state index contributed by atoms with van der Waals surface area (Å²) >= 11 is 0. The van der Waals surface area contributed by atoms with Gasteiger partial charge in [-0.25, -0.2) is 4.98 Å². The van der Waals surface area contributed by atoms with Gasteiger partial charge in [0.05, 0.1) is 0 Å². The van der Waals surface area contributed by atoms with E-state index in [4.69, 9.17) is 4.74 Å². The summed E-state index contributed by atoms with van der Waals surface area (Å²) in [7, 11) is 0. The molecule has 2 amide bonds. The van der Waals surface area contributed by atoms with Crippen LogP contribution >= 0.6 is 0 Å². The zero-order valence-electron chi connectivity index (χ0n) is 16.0. The molecule has 27 heavy (non-hydrogen) atoms. The zero-order chi connectivity index (χ0) is 19.4. The van der Waals surface area contributed by atoms with Crippen LogP contribution in [0.4, 0.5) is 11.5 Å². The maximum Gasteiger partial charge on any atom is 0.282 e. The third-order valence-electron chi connectivity index (χ3n) is 4.76. The Bertz CT molecular complexity index is 835. The molecular formula is C21H25N3O3. The van der Waals surface area contributed by atoms with Crippen molar-refractivity contribution in [3.63, 3.8) is 0 Å². The molecule has 0 aliphatic carbocycles. The van der Waals surface area contributed by atoms with Crippen molar-refractivity contribution in [2.24, 2.45) is 0 Å². The molecule has 1 aliphatic rings. The molecule has 1 atom stereocenters. The molecule has 2 heterocycles. The summed E-state index contributed by atoms with van der Waals surface area (Å²) in [6.45, 7) is 6.13. The monoisotopic (exact) mass is 367 g/mol. The second-order valence-electron chi connectivity index (χ2n) is 6.78. The van der Waals surface area contributed by atoms with Crippen molar-refractivity contribution in [1.82, 2.24) is 4.98 Å². The summed E-state index contributed by atoms with van der Waals surface area (Å²) in [5, 5.41) is 2.81. The summed E-state index contributed by atoms with van der Waals surface area (Å²) < 4.78 is 5.86. The topological polar surface area (TPSA) is 71.5 Å². The fourth-order valence-electron chi connectivity index (χ4n) is 3.02. The quantitative estimate of drug-likeness (QED) is 0.793. The fraction of sp³-hybridized carbons (Fsp3) is 0.381. The van der Waals surface area contributed by atoms with E-state index < -0.39 is 17.4 Å². The van der Waals surface area contributed by atoms with Crippen molar-refractivity contribution < 1.29 is 14.3 Å². The minimum atomic E-state index is -1.65. The number of unbranched alkanes of at least 4 members (excludes halogenated alkanes) is 1. The van der Waals surface area contributed by atoms with E-state index in [1.807, 2.05) is 24.3 Å². The minimum Gasteiger partial charge on any atom is -0.464 e. The molecule has 0 bridgehead atoms. The second-order valence-corrected chi connectivity index (χ2v) is 6.78. The Hall–Kier alpha value is -2.89. The van der Waals surface area contributed by atoms with Crippen LogP contribution in [0, 0.1) is 0 Å². The van der Waals surface area contributed by atoms with E-state index in [0.29, 0.717) is 23.8 Å². The van der Waals surface area contributed by atoms with Gasteiger partial charge < -0.3 is 10.1 Å². The molecule has 3 rings (SSSR count). The van der Waals surface area contributed by atoms with Crippen LogP contribution in [0.2, 0.25) is 0 Å². The Morgan fingerprint density at radius 1 is 1.22 bits per heavy atom. The minimum absolute atomic E-state index is 0.398. The largest absolute Gasteiger partial charge is 0.464 e. The Kier molecular flexibility index (Phi) is 5.44. The lowest BCUT2D eigenvalue weighted by molar-refractivity contribution is -0.145. The molecule has 1 aromatic heterocycles. The summed E-state index contributed by atoms with van der Waals surface area (Å²) in [6.07, 6.45) is 4.29. The molecule has 1 aliphatic heterocycles. The number of aryl methyl sites for hydroxylation is 1. The van der Waals surface area contributed by atoms with Gasteiger partial charge in [-0.2, -0.15) is 0 Å². The molecule has 2 aromatic rings. The molecule has 0 unspecified atom stereocenters.